The summed E-state index contributed by atoms with van der Waals surface area (Å²) in [6.07, 6.45) is 11.4. The fraction of sp³-hybridized carbons (Fsp3) is 0.625. The molecule has 2 radical (unpaired) electrons. The van der Waals surface area contributed by atoms with Crippen molar-refractivity contribution in [2.45, 2.75) is 71.6 Å². The van der Waals surface area contributed by atoms with Crippen molar-refractivity contribution in [3.8, 4) is 0 Å². The monoisotopic (exact) mass is 939 g/mol. The van der Waals surface area contributed by atoms with Crippen LogP contribution in [-0.2, 0) is 47.7 Å². The van der Waals surface area contributed by atoms with Crippen molar-refractivity contribution in [3.63, 3.8) is 0 Å². The van der Waals surface area contributed by atoms with Gasteiger partial charge in [0.25, 0.3) is 0 Å². The Kier molecular flexibility index (Phi) is 56.5. The molecule has 0 unspecified atom stereocenters. The predicted molar refractivity (Wildman–Crippen MR) is 188 cm³/mol. The summed E-state index contributed by atoms with van der Waals surface area (Å²) < 4.78 is 36.1. The molecule has 0 aliphatic carbocycles. The van der Waals surface area contributed by atoms with E-state index in [4.69, 9.17) is 31.8 Å². The average Bonchev–Trinajstić information content (AvgIpc) is 3.13. The van der Waals surface area contributed by atoms with Gasteiger partial charge in [-0.1, -0.05) is 40.0 Å². The summed E-state index contributed by atoms with van der Waals surface area (Å²) in [5.74, 6) is -1.90. The van der Waals surface area contributed by atoms with Crippen LogP contribution in [0, 0.1) is 31.1 Å². The predicted octanol–water partition coefficient (Wildman–Crippen LogP) is 1.98. The molecule has 0 aromatic heterocycles. The second-order valence-electron chi connectivity index (χ2n) is 8.75. The van der Waals surface area contributed by atoms with Crippen LogP contribution in [0.15, 0.2) is 43.0 Å². The van der Waals surface area contributed by atoms with Crippen LogP contribution in [0.1, 0.15) is 71.6 Å². The van der Waals surface area contributed by atoms with Gasteiger partial charge in [0.2, 0.25) is 6.08 Å². The van der Waals surface area contributed by atoms with Gasteiger partial charge in [-0.3, -0.25) is 4.79 Å². The number of hydrogen-bond donors (Lipinski definition) is 3. The molecule has 18 heteroatoms. The van der Waals surface area contributed by atoms with Crippen molar-refractivity contribution < 1.29 is 93.8 Å². The summed E-state index contributed by atoms with van der Waals surface area (Å²) in [6, 6.07) is 0. The molecule has 0 bridgehead atoms. The Hall–Kier alpha value is -3.15. The van der Waals surface area contributed by atoms with E-state index in [9.17, 15) is 28.8 Å². The number of unbranched alkanes of at least 4 members (excludes halogenated alkanes) is 6. The number of aliphatic imine (C=N–C) groups is 1. The minimum Gasteiger partial charge on any atom is -0.466 e. The quantitative estimate of drug-likeness (QED) is 0.0216. The third-order valence-electron chi connectivity index (χ3n) is 5.00. The Morgan fingerprint density at radius 1 is 0.740 bits per heavy atom. The van der Waals surface area contributed by atoms with Crippen molar-refractivity contribution in [2.24, 2.45) is 4.99 Å². The van der Waals surface area contributed by atoms with Crippen molar-refractivity contribution in [1.29, 1.82) is 2.67 Å². The first kappa shape index (κ1) is 53.6. The van der Waals surface area contributed by atoms with Gasteiger partial charge in [0.15, 0.2) is 0 Å². The zero-order chi connectivity index (χ0) is 38.5. The van der Waals surface area contributed by atoms with E-state index in [-0.39, 0.29) is 104 Å². The number of esters is 4. The Morgan fingerprint density at radius 2 is 1.18 bits per heavy atom. The number of carbonyl (C=O) groups is 5. The zero-order valence-electron chi connectivity index (χ0n) is 30.3. The molecule has 0 aliphatic heterocycles. The van der Waals surface area contributed by atoms with E-state index in [0.29, 0.717) is 19.4 Å². The maximum absolute atomic E-state index is 11.5. The number of amides is 1. The normalized spacial score (nSPS) is 9.00. The van der Waals surface area contributed by atoms with Crippen LogP contribution in [0.5, 0.6) is 0 Å². The number of isocyanates is 1. The van der Waals surface area contributed by atoms with Gasteiger partial charge in [-0.25, -0.2) is 29.0 Å². The molecular formula is C32H56B2N2O13U. The molecule has 0 heterocycles. The van der Waals surface area contributed by atoms with E-state index >= 15 is 0 Å². The molecule has 0 atom stereocenters. The first-order chi connectivity index (χ1) is 24.1. The molecule has 0 fully saturated rings. The van der Waals surface area contributed by atoms with E-state index in [1.807, 2.05) is 0 Å². The van der Waals surface area contributed by atoms with Crippen molar-refractivity contribution in [3.05, 3.63) is 38.0 Å². The van der Waals surface area contributed by atoms with E-state index in [1.165, 1.54) is 6.08 Å². The van der Waals surface area contributed by atoms with Crippen LogP contribution in [0.3, 0.4) is 0 Å². The van der Waals surface area contributed by atoms with Crippen LogP contribution in [0.25, 0.3) is 0 Å². The number of carbonyl (C=O) groups excluding carboxylic acids is 6. The fourth-order valence-corrected chi connectivity index (χ4v) is 2.72. The summed E-state index contributed by atoms with van der Waals surface area (Å²) in [4.78, 5) is 67.3. The summed E-state index contributed by atoms with van der Waals surface area (Å²) >= 11 is 0. The molecule has 282 valence electrons. The largest absolute Gasteiger partial charge is 0.466 e. The number of ether oxygens (including phenoxy) is 5. The van der Waals surface area contributed by atoms with Gasteiger partial charge >= 0.3 is 30.0 Å². The van der Waals surface area contributed by atoms with E-state index in [0.717, 1.165) is 78.6 Å². The Morgan fingerprint density at radius 3 is 1.64 bits per heavy atom. The van der Waals surface area contributed by atoms with Gasteiger partial charge in [0.1, 0.15) is 13.2 Å². The number of alkyl carbamates (subject to hydrolysis) is 1. The molecule has 0 aliphatic rings. The molecule has 0 rings (SSSR count). The summed E-state index contributed by atoms with van der Waals surface area (Å²) in [7, 11) is 1.83. The second kappa shape index (κ2) is 52.7. The van der Waals surface area contributed by atoms with Gasteiger partial charge in [-0.2, -0.15) is 0 Å². The van der Waals surface area contributed by atoms with Crippen molar-refractivity contribution in [1.82, 2.24) is 5.32 Å². The minimum atomic E-state index is -0.567. The van der Waals surface area contributed by atoms with Crippen molar-refractivity contribution >= 4 is 51.5 Å². The Balaban J connectivity index is -0.000000180. The minimum absolute atomic E-state index is 0. The molecule has 15 nitrogen and oxygen atoms in total. The third-order valence-corrected chi connectivity index (χ3v) is 5.00. The fourth-order valence-electron chi connectivity index (χ4n) is 2.72. The van der Waals surface area contributed by atoms with Gasteiger partial charge < -0.3 is 39.2 Å². The number of nitrogens with one attached hydrogen (secondary N) is 1. The maximum atomic E-state index is 11.5. The first-order valence-electron chi connectivity index (χ1n) is 16.4. The van der Waals surface area contributed by atoms with E-state index in [2.05, 4.69) is 34.8 Å². The van der Waals surface area contributed by atoms with Crippen LogP contribution in [0.2, 0.25) is 0 Å². The van der Waals surface area contributed by atoms with Crippen LogP contribution in [-0.4, -0.2) is 124 Å². The summed E-state index contributed by atoms with van der Waals surface area (Å²) in [5, 5.41) is 19.1. The Bertz CT molecular complexity index is 911. The van der Waals surface area contributed by atoms with E-state index < -0.39 is 24.0 Å². The first-order valence-corrected chi connectivity index (χ1v) is 15.2. The molecule has 0 saturated carbocycles. The number of aliphatic hydroxyl groups is 2. The number of nitrogens with zero attached hydrogens (tertiary/aromatic N) is 1. The smallest absolute Gasteiger partial charge is 0.407 e. The number of rotatable bonds is 26. The number of aliphatic hydroxyl groups excluding tert-OH is 2. The SMILES string of the molecule is C.C=CC(=O)OCCCC(=O)OCCCCCCOC(=O)NCCOC(=O)C=C.C=CC(=O)OCCN=C=O.OCCCCCCO.[2H][B][B][3H].[U]. The summed E-state index contributed by atoms with van der Waals surface area (Å²) in [5.41, 5.74) is 0. The van der Waals surface area contributed by atoms with Gasteiger partial charge in [0.05, 0.1) is 32.9 Å². The van der Waals surface area contributed by atoms with Crippen LogP contribution < -0.4 is 5.32 Å². The molecule has 0 aromatic rings. The molecule has 0 saturated heterocycles. The molecular weight excluding hydrogens is 880 g/mol. The van der Waals surface area contributed by atoms with Crippen LogP contribution >= 0.6 is 0 Å². The van der Waals surface area contributed by atoms with Crippen molar-refractivity contribution in [2.75, 3.05) is 59.3 Å². The van der Waals surface area contributed by atoms with E-state index in [1.54, 1.807) is 0 Å². The summed E-state index contributed by atoms with van der Waals surface area (Å²) in [6.45, 7) is 11.5. The van der Waals surface area contributed by atoms with Gasteiger partial charge in [-0.05, 0) is 47.6 Å². The van der Waals surface area contributed by atoms with Gasteiger partial charge in [0, 0.05) is 84.4 Å². The second-order valence-corrected chi connectivity index (χ2v) is 8.75. The zero-order valence-corrected chi connectivity index (χ0v) is 32.4. The van der Waals surface area contributed by atoms with Gasteiger partial charge in [-0.15, -0.1) is 0 Å². The molecule has 50 heavy (non-hydrogen) atoms. The molecule has 0 aromatic carbocycles. The molecule has 1 amide bonds. The average molecular weight is 939 g/mol. The molecule has 0 spiro atoms. The topological polar surface area (TPSA) is 213 Å². The standard InChI is InChI=1S/C19H29NO8.C6H7NO3.C6H14O2.CH4.B2H2.U/c1-3-16(21)25-14-9-10-18(23)26-12-7-5-6-8-13-28-19(24)20-11-15-27-17(22)4-2;1-2-6(9)10-4-3-7-5-8;7-5-3-1-2-4-6-8;;1-2;/h3-4H,1-2,5-15H2,(H,20,24);2H,1,3-4H2;7-8H,1-6H2;1H4;1-2H;/i;;;;1D,2T;. The number of hydrogen-bond acceptors (Lipinski definition) is 14. The Labute approximate surface area is 325 Å². The maximum Gasteiger partial charge on any atom is 0.407 e. The molecule has 3 N–H and O–H groups in total. The van der Waals surface area contributed by atoms with Crippen LogP contribution in [0.4, 0.5) is 4.79 Å². The third kappa shape index (κ3) is 57.1.